The molecule has 12 nitrogen and oxygen atoms in total. The molecule has 0 saturated carbocycles. The molecule has 0 aromatic heterocycles. The van der Waals surface area contributed by atoms with Crippen molar-refractivity contribution in [2.24, 2.45) is 5.92 Å². The Kier molecular flexibility index (Phi) is 8.19. The third kappa shape index (κ3) is 6.07. The summed E-state index contributed by atoms with van der Waals surface area (Å²) in [4.78, 5) is 26.1. The predicted octanol–water partition coefficient (Wildman–Crippen LogP) is -0.356. The summed E-state index contributed by atoms with van der Waals surface area (Å²) in [6.07, 6.45) is 3.41. The fourth-order valence-electron chi connectivity index (χ4n) is 5.21. The zero-order chi connectivity index (χ0) is 24.9. The van der Waals surface area contributed by atoms with Crippen molar-refractivity contribution < 1.29 is 28.9 Å². The maximum atomic E-state index is 12.7. The van der Waals surface area contributed by atoms with Crippen LogP contribution in [0, 0.1) is 5.92 Å². The van der Waals surface area contributed by atoms with Crippen LogP contribution in [-0.4, -0.2) is 92.0 Å². The number of hydrazine groups is 1. The van der Waals surface area contributed by atoms with Gasteiger partial charge >= 0.3 is 5.97 Å². The first kappa shape index (κ1) is 25.2. The van der Waals surface area contributed by atoms with E-state index in [1.54, 1.807) is 0 Å². The van der Waals surface area contributed by atoms with Crippen LogP contribution in [0.15, 0.2) is 24.3 Å². The molecule has 4 aliphatic heterocycles. The van der Waals surface area contributed by atoms with E-state index in [4.69, 9.17) is 19.3 Å². The molecule has 0 spiro atoms. The summed E-state index contributed by atoms with van der Waals surface area (Å²) in [6.45, 7) is 3.19. The zero-order valence-electron chi connectivity index (χ0n) is 20.3. The maximum Gasteiger partial charge on any atom is 0.335 e. The van der Waals surface area contributed by atoms with Crippen molar-refractivity contribution in [3.63, 3.8) is 0 Å². The zero-order valence-corrected chi connectivity index (χ0v) is 20.3. The summed E-state index contributed by atoms with van der Waals surface area (Å²) < 4.78 is 16.6. The van der Waals surface area contributed by atoms with Crippen LogP contribution in [0.2, 0.25) is 0 Å². The SMILES string of the molecule is O=C1NNCC2NC(N3CCCCCC3)NC(Nc3ccc(OC[C@@H]4CO[C@@H](C(=O)O)CO4)cc3)C12. The van der Waals surface area contributed by atoms with Crippen LogP contribution in [0.1, 0.15) is 25.7 Å². The number of carboxylic acid groups (broad SMARTS) is 1. The number of aliphatic carboxylic acids is 1. The summed E-state index contributed by atoms with van der Waals surface area (Å²) in [6, 6.07) is 7.57. The third-order valence-electron chi connectivity index (χ3n) is 7.20. The molecule has 6 N–H and O–H groups in total. The minimum Gasteiger partial charge on any atom is -0.491 e. The molecule has 0 bridgehead atoms. The molecule has 1 aromatic rings. The van der Waals surface area contributed by atoms with Crippen molar-refractivity contribution in [1.29, 1.82) is 0 Å². The minimum atomic E-state index is -1.02. The van der Waals surface area contributed by atoms with Crippen LogP contribution in [0.5, 0.6) is 5.75 Å². The average molecular weight is 505 g/mol. The number of hydrogen-bond donors (Lipinski definition) is 6. The van der Waals surface area contributed by atoms with Crippen molar-refractivity contribution in [3.05, 3.63) is 24.3 Å². The van der Waals surface area contributed by atoms with Gasteiger partial charge in [0.15, 0.2) is 6.10 Å². The second-order valence-corrected chi connectivity index (χ2v) is 9.76. The minimum absolute atomic E-state index is 0.00408. The van der Waals surface area contributed by atoms with Crippen LogP contribution < -0.4 is 31.5 Å². The number of nitrogens with zero attached hydrogens (tertiary/aromatic N) is 1. The number of amides is 1. The van der Waals surface area contributed by atoms with Gasteiger partial charge in [0.1, 0.15) is 24.8 Å². The lowest BCUT2D eigenvalue weighted by Crippen LogP contribution is -2.76. The molecule has 6 atom stereocenters. The average Bonchev–Trinajstić information content (AvgIpc) is 3.18. The molecule has 4 aliphatic rings. The number of anilines is 1. The highest BCUT2D eigenvalue weighted by Gasteiger charge is 2.44. The number of rotatable bonds is 7. The standard InChI is InChI=1S/C24H36N6O6/c31-22-20-18(11-25-29-22)27-24(30-9-3-1-2-4-10-30)28-21(20)26-15-5-7-16(8-6-15)34-12-17-13-36-19(14-35-17)23(32)33/h5-8,17-21,24-28H,1-4,9-14H2,(H,29,31)(H,32,33)/t17-,18?,19-,20?,21?,24?/m1/s1. The van der Waals surface area contributed by atoms with Crippen molar-refractivity contribution in [1.82, 2.24) is 26.4 Å². The molecule has 4 unspecified atom stereocenters. The first-order valence-corrected chi connectivity index (χ1v) is 12.8. The second kappa shape index (κ2) is 11.7. The highest BCUT2D eigenvalue weighted by molar-refractivity contribution is 5.81. The fraction of sp³-hybridized carbons (Fsp3) is 0.667. The van der Waals surface area contributed by atoms with Gasteiger partial charge in [-0.15, -0.1) is 0 Å². The van der Waals surface area contributed by atoms with Crippen molar-refractivity contribution in [3.8, 4) is 5.75 Å². The van der Waals surface area contributed by atoms with Crippen molar-refractivity contribution in [2.75, 3.05) is 44.8 Å². The van der Waals surface area contributed by atoms with E-state index in [-0.39, 0.29) is 56.2 Å². The van der Waals surface area contributed by atoms with Crippen molar-refractivity contribution >= 4 is 17.6 Å². The summed E-state index contributed by atoms with van der Waals surface area (Å²) >= 11 is 0. The monoisotopic (exact) mass is 504 g/mol. The summed E-state index contributed by atoms with van der Waals surface area (Å²) in [5.41, 5.74) is 6.66. The number of hydrogen-bond acceptors (Lipinski definition) is 10. The summed E-state index contributed by atoms with van der Waals surface area (Å²) in [7, 11) is 0. The van der Waals surface area contributed by atoms with E-state index in [9.17, 15) is 9.59 Å². The Bertz CT molecular complexity index is 888. The van der Waals surface area contributed by atoms with Crippen LogP contribution in [-0.2, 0) is 19.1 Å². The van der Waals surface area contributed by atoms with E-state index in [2.05, 4.69) is 31.7 Å². The number of carbonyl (C=O) groups is 2. The Morgan fingerprint density at radius 3 is 2.56 bits per heavy atom. The molecule has 4 heterocycles. The normalized spacial score (nSPS) is 33.6. The van der Waals surface area contributed by atoms with E-state index in [1.165, 1.54) is 25.7 Å². The molecule has 0 radical (unpaired) electrons. The first-order chi connectivity index (χ1) is 17.6. The van der Waals surface area contributed by atoms with Crippen LogP contribution >= 0.6 is 0 Å². The number of carbonyl (C=O) groups excluding carboxylic acids is 1. The van der Waals surface area contributed by atoms with Gasteiger partial charge in [0.2, 0.25) is 5.91 Å². The number of carboxylic acids is 1. The second-order valence-electron chi connectivity index (χ2n) is 9.76. The number of fused-ring (bicyclic) bond motifs is 1. The van der Waals surface area contributed by atoms with Gasteiger partial charge < -0.3 is 24.6 Å². The molecule has 198 valence electrons. The molecule has 36 heavy (non-hydrogen) atoms. The van der Waals surface area contributed by atoms with Gasteiger partial charge in [0.05, 0.1) is 25.3 Å². The maximum absolute atomic E-state index is 12.7. The molecule has 1 aromatic carbocycles. The lowest BCUT2D eigenvalue weighted by atomic mass is 9.91. The summed E-state index contributed by atoms with van der Waals surface area (Å²) in [5, 5.41) is 19.8. The van der Waals surface area contributed by atoms with E-state index in [1.807, 2.05) is 24.3 Å². The van der Waals surface area contributed by atoms with Gasteiger partial charge in [-0.05, 0) is 37.1 Å². The fourth-order valence-corrected chi connectivity index (χ4v) is 5.21. The van der Waals surface area contributed by atoms with Gasteiger partial charge in [-0.2, -0.15) is 0 Å². The van der Waals surface area contributed by atoms with Crippen LogP contribution in [0.25, 0.3) is 0 Å². The topological polar surface area (TPSA) is 145 Å². The van der Waals surface area contributed by atoms with E-state index in [0.717, 1.165) is 18.8 Å². The van der Waals surface area contributed by atoms with Crippen LogP contribution in [0.4, 0.5) is 5.69 Å². The molecule has 0 aliphatic carbocycles. The molecule has 12 heteroatoms. The Morgan fingerprint density at radius 1 is 1.08 bits per heavy atom. The van der Waals surface area contributed by atoms with Crippen LogP contribution in [0.3, 0.4) is 0 Å². The highest BCUT2D eigenvalue weighted by Crippen LogP contribution is 2.24. The van der Waals surface area contributed by atoms with Gasteiger partial charge in [0, 0.05) is 31.4 Å². The van der Waals surface area contributed by atoms with E-state index < -0.39 is 12.1 Å². The molecule has 5 rings (SSSR count). The lowest BCUT2D eigenvalue weighted by molar-refractivity contribution is -0.178. The lowest BCUT2D eigenvalue weighted by Gasteiger charge is -2.48. The highest BCUT2D eigenvalue weighted by atomic mass is 16.6. The van der Waals surface area contributed by atoms with Gasteiger partial charge in [0.25, 0.3) is 0 Å². The Hall–Kier alpha value is -2.48. The Balaban J connectivity index is 1.18. The Morgan fingerprint density at radius 2 is 1.86 bits per heavy atom. The van der Waals surface area contributed by atoms with Crippen molar-refractivity contribution in [2.45, 2.75) is 56.4 Å². The predicted molar refractivity (Wildman–Crippen MR) is 130 cm³/mol. The Labute approximate surface area is 210 Å². The molecule has 1 amide bonds. The number of likely N-dealkylation sites (tertiary alicyclic amines) is 1. The first-order valence-electron chi connectivity index (χ1n) is 12.8. The molecular weight excluding hydrogens is 468 g/mol. The van der Waals surface area contributed by atoms with E-state index in [0.29, 0.717) is 12.3 Å². The van der Waals surface area contributed by atoms with Gasteiger partial charge in [-0.3, -0.25) is 25.8 Å². The third-order valence-corrected chi connectivity index (χ3v) is 7.20. The smallest absolute Gasteiger partial charge is 0.335 e. The number of nitrogens with one attached hydrogen (secondary N) is 5. The van der Waals surface area contributed by atoms with E-state index >= 15 is 0 Å². The quantitative estimate of drug-likeness (QED) is 0.290. The molecule has 4 fully saturated rings. The van der Waals surface area contributed by atoms with Gasteiger partial charge in [-0.25, -0.2) is 10.2 Å². The number of benzene rings is 1. The molecular formula is C24H36N6O6. The largest absolute Gasteiger partial charge is 0.491 e. The molecule has 4 saturated heterocycles. The number of ether oxygens (including phenoxy) is 3. The van der Waals surface area contributed by atoms with Gasteiger partial charge in [-0.1, -0.05) is 12.8 Å². The summed E-state index contributed by atoms with van der Waals surface area (Å²) in [5.74, 6) is -0.671.